The maximum Gasteiger partial charge on any atom is 0.223 e. The molecule has 0 bridgehead atoms. The Kier molecular flexibility index (Phi) is 3.63. The first kappa shape index (κ1) is 10.7. The summed E-state index contributed by atoms with van der Waals surface area (Å²) in [5.41, 5.74) is 16.3. The summed E-state index contributed by atoms with van der Waals surface area (Å²) in [6.07, 6.45) is 1.58. The average Bonchev–Trinajstić information content (AvgIpc) is 2.07. The van der Waals surface area contributed by atoms with Gasteiger partial charge in [-0.25, -0.2) is 9.98 Å². The van der Waals surface area contributed by atoms with E-state index in [1.807, 2.05) is 6.07 Å². The maximum atomic E-state index is 5.42. The monoisotopic (exact) mass is 304 g/mol. The molecule has 0 aromatic carbocycles. The van der Waals surface area contributed by atoms with Gasteiger partial charge in [0.2, 0.25) is 5.96 Å². The lowest BCUT2D eigenvalue weighted by Gasteiger charge is -1.95. The van der Waals surface area contributed by atoms with Crippen LogP contribution in [0.1, 0.15) is 0 Å². The van der Waals surface area contributed by atoms with Crippen LogP contribution in [0.25, 0.3) is 0 Å². The van der Waals surface area contributed by atoms with Crippen LogP contribution in [-0.2, 0) is 0 Å². The fourth-order valence-corrected chi connectivity index (χ4v) is 1.04. The van der Waals surface area contributed by atoms with Crippen LogP contribution in [0, 0.1) is 3.70 Å². The molecule has 1 heterocycles. The summed E-state index contributed by atoms with van der Waals surface area (Å²) >= 11 is 2.09. The predicted molar refractivity (Wildman–Crippen MR) is 64.0 cm³/mol. The highest BCUT2D eigenvalue weighted by Crippen LogP contribution is 2.10. The normalized spacial score (nSPS) is 11.1. The van der Waals surface area contributed by atoms with Crippen LogP contribution in [0.2, 0.25) is 0 Å². The van der Waals surface area contributed by atoms with E-state index in [4.69, 9.17) is 17.2 Å². The number of halogens is 1. The van der Waals surface area contributed by atoms with Crippen LogP contribution in [0.4, 0.5) is 5.69 Å². The number of rotatable bonds is 1. The third kappa shape index (κ3) is 3.56. The molecule has 7 heteroatoms. The fraction of sp³-hybridized carbons (Fsp3) is 0. The molecule has 0 aliphatic rings. The first-order chi connectivity index (χ1) is 6.58. The van der Waals surface area contributed by atoms with Crippen molar-refractivity contribution < 1.29 is 0 Å². The molecule has 0 spiro atoms. The summed E-state index contributed by atoms with van der Waals surface area (Å²) < 4.78 is 0.877. The number of nitrogens with two attached hydrogens (primary N) is 3. The highest BCUT2D eigenvalue weighted by Gasteiger charge is 1.93. The summed E-state index contributed by atoms with van der Waals surface area (Å²) in [4.78, 5) is 11.5. The minimum absolute atomic E-state index is 0.00741. The largest absolute Gasteiger partial charge is 0.370 e. The van der Waals surface area contributed by atoms with Crippen molar-refractivity contribution in [2.75, 3.05) is 0 Å². The van der Waals surface area contributed by atoms with E-state index in [2.05, 4.69) is 37.6 Å². The van der Waals surface area contributed by atoms with Gasteiger partial charge in [0.1, 0.15) is 3.70 Å². The Morgan fingerprint density at radius 2 is 2.00 bits per heavy atom. The van der Waals surface area contributed by atoms with Gasteiger partial charge < -0.3 is 17.2 Å². The van der Waals surface area contributed by atoms with Gasteiger partial charge in [0, 0.05) is 0 Å². The van der Waals surface area contributed by atoms with Crippen LogP contribution in [0.5, 0.6) is 0 Å². The maximum absolute atomic E-state index is 5.42. The van der Waals surface area contributed by atoms with E-state index in [0.717, 1.165) is 3.70 Å². The first-order valence-electron chi connectivity index (χ1n) is 3.63. The molecule has 1 aromatic heterocycles. The van der Waals surface area contributed by atoms with Crippen LogP contribution in [-0.4, -0.2) is 16.9 Å². The van der Waals surface area contributed by atoms with Gasteiger partial charge in [0.25, 0.3) is 0 Å². The Labute approximate surface area is 94.5 Å². The van der Waals surface area contributed by atoms with E-state index in [0.29, 0.717) is 5.69 Å². The van der Waals surface area contributed by atoms with E-state index < -0.39 is 0 Å². The fourth-order valence-electron chi connectivity index (χ4n) is 0.724. The van der Waals surface area contributed by atoms with Crippen molar-refractivity contribution in [3.05, 3.63) is 22.0 Å². The van der Waals surface area contributed by atoms with E-state index in [-0.39, 0.29) is 11.9 Å². The Morgan fingerprint density at radius 3 is 2.50 bits per heavy atom. The molecule has 14 heavy (non-hydrogen) atoms. The number of aromatic nitrogens is 1. The third-order valence-corrected chi connectivity index (χ3v) is 1.84. The van der Waals surface area contributed by atoms with Gasteiger partial charge in [-0.15, -0.1) is 0 Å². The molecule has 0 atom stereocenters. The SMILES string of the molecule is NC(N)=NC(N)=Nc1ccc(I)nc1. The average molecular weight is 304 g/mol. The summed E-state index contributed by atoms with van der Waals surface area (Å²) in [6, 6.07) is 3.58. The van der Waals surface area contributed by atoms with Crippen LogP contribution < -0.4 is 17.2 Å². The van der Waals surface area contributed by atoms with E-state index >= 15 is 0 Å². The molecule has 0 aliphatic heterocycles. The molecule has 0 fully saturated rings. The summed E-state index contributed by atoms with van der Waals surface area (Å²) in [7, 11) is 0. The van der Waals surface area contributed by atoms with Crippen molar-refractivity contribution in [3.8, 4) is 0 Å². The van der Waals surface area contributed by atoms with E-state index in [1.54, 1.807) is 12.3 Å². The number of guanidine groups is 2. The van der Waals surface area contributed by atoms with Crippen molar-refractivity contribution >= 4 is 40.2 Å². The van der Waals surface area contributed by atoms with Gasteiger partial charge in [-0.05, 0) is 34.7 Å². The highest BCUT2D eigenvalue weighted by atomic mass is 127. The topological polar surface area (TPSA) is 116 Å². The molecule has 0 radical (unpaired) electrons. The molecular formula is C7H9IN6. The van der Waals surface area contributed by atoms with Gasteiger partial charge in [-0.1, -0.05) is 0 Å². The lowest BCUT2D eigenvalue weighted by atomic mass is 10.4. The summed E-state index contributed by atoms with van der Waals surface area (Å²) in [5, 5.41) is 0. The smallest absolute Gasteiger partial charge is 0.223 e. The van der Waals surface area contributed by atoms with Gasteiger partial charge in [-0.2, -0.15) is 4.99 Å². The lowest BCUT2D eigenvalue weighted by molar-refractivity contribution is 1.25. The molecule has 0 saturated carbocycles. The second-order valence-electron chi connectivity index (χ2n) is 2.35. The molecule has 0 saturated heterocycles. The van der Waals surface area contributed by atoms with Crippen molar-refractivity contribution in [3.63, 3.8) is 0 Å². The van der Waals surface area contributed by atoms with Crippen molar-refractivity contribution in [1.29, 1.82) is 0 Å². The van der Waals surface area contributed by atoms with Crippen molar-refractivity contribution in [1.82, 2.24) is 4.98 Å². The van der Waals surface area contributed by atoms with E-state index in [1.165, 1.54) is 0 Å². The zero-order valence-electron chi connectivity index (χ0n) is 7.18. The lowest BCUT2D eigenvalue weighted by Crippen LogP contribution is -2.26. The Morgan fingerprint density at radius 1 is 1.29 bits per heavy atom. The van der Waals surface area contributed by atoms with Crippen LogP contribution >= 0.6 is 22.6 Å². The molecule has 0 unspecified atom stereocenters. The standard InChI is InChI=1S/C7H9IN6/c8-5-2-1-4(3-12-5)13-7(11)14-6(9)10/h1-3H,(H6,9,10,11,13,14). The minimum atomic E-state index is -0.121. The zero-order chi connectivity index (χ0) is 10.6. The van der Waals surface area contributed by atoms with Gasteiger partial charge >= 0.3 is 0 Å². The Hall–Kier alpha value is -1.38. The number of hydrogen-bond acceptors (Lipinski definition) is 2. The number of aliphatic imine (C=N–C) groups is 2. The number of nitrogens with zero attached hydrogens (tertiary/aromatic N) is 3. The Bertz CT molecular complexity index is 364. The van der Waals surface area contributed by atoms with E-state index in [9.17, 15) is 0 Å². The number of hydrogen-bond donors (Lipinski definition) is 3. The third-order valence-electron chi connectivity index (χ3n) is 1.20. The zero-order valence-corrected chi connectivity index (χ0v) is 9.34. The van der Waals surface area contributed by atoms with Crippen LogP contribution in [0.3, 0.4) is 0 Å². The van der Waals surface area contributed by atoms with Gasteiger partial charge in [0.15, 0.2) is 5.96 Å². The molecule has 6 nitrogen and oxygen atoms in total. The Balaban J connectivity index is 2.87. The van der Waals surface area contributed by atoms with Crippen LogP contribution in [0.15, 0.2) is 28.3 Å². The first-order valence-corrected chi connectivity index (χ1v) is 4.71. The van der Waals surface area contributed by atoms with Gasteiger partial charge in [0.05, 0.1) is 11.9 Å². The molecular weight excluding hydrogens is 295 g/mol. The summed E-state index contributed by atoms with van der Waals surface area (Å²) in [5.74, 6) is -0.113. The van der Waals surface area contributed by atoms with Crippen molar-refractivity contribution in [2.24, 2.45) is 27.2 Å². The second-order valence-corrected chi connectivity index (χ2v) is 3.45. The minimum Gasteiger partial charge on any atom is -0.370 e. The molecule has 1 aromatic rings. The highest BCUT2D eigenvalue weighted by molar-refractivity contribution is 14.1. The quantitative estimate of drug-likeness (QED) is 0.291. The van der Waals surface area contributed by atoms with Crippen molar-refractivity contribution in [2.45, 2.75) is 0 Å². The molecule has 0 amide bonds. The molecule has 0 aliphatic carbocycles. The molecule has 74 valence electrons. The second kappa shape index (κ2) is 4.74. The predicted octanol–water partition coefficient (Wildman–Crippen LogP) is -0.0942. The summed E-state index contributed by atoms with van der Waals surface area (Å²) in [6.45, 7) is 0. The number of pyridine rings is 1. The molecule has 1 rings (SSSR count). The van der Waals surface area contributed by atoms with Gasteiger partial charge in [-0.3, -0.25) is 0 Å². The molecule has 6 N–H and O–H groups in total.